The first kappa shape index (κ1) is 15.3. The van der Waals surface area contributed by atoms with Gasteiger partial charge in [-0.15, -0.1) is 0 Å². The minimum Gasteiger partial charge on any atom is -0.490 e. The molecule has 1 atom stereocenters. The number of imide groups is 1. The number of nitrogens with zero attached hydrogens (tertiary/aromatic N) is 2. The van der Waals surface area contributed by atoms with Gasteiger partial charge < -0.3 is 14.7 Å². The van der Waals surface area contributed by atoms with Gasteiger partial charge in [-0.1, -0.05) is 36.4 Å². The number of hydrogen-bond donors (Lipinski definition) is 1. The Hall–Kier alpha value is -2.60. The summed E-state index contributed by atoms with van der Waals surface area (Å²) >= 11 is 0. The van der Waals surface area contributed by atoms with Crippen LogP contribution in [-0.4, -0.2) is 59.7 Å². The second kappa shape index (κ2) is 6.26. The number of likely N-dealkylation sites (N-methyl/N-ethyl adjacent to an activating group) is 1. The maximum absolute atomic E-state index is 11.8. The molecule has 1 heterocycles. The van der Waals surface area contributed by atoms with E-state index >= 15 is 0 Å². The van der Waals surface area contributed by atoms with E-state index in [-0.39, 0.29) is 31.6 Å². The molecular weight excluding hydrogens is 296 g/mol. The van der Waals surface area contributed by atoms with Gasteiger partial charge in [0.05, 0.1) is 6.54 Å². The maximum atomic E-state index is 11.8. The van der Waals surface area contributed by atoms with E-state index in [4.69, 9.17) is 4.74 Å². The zero-order chi connectivity index (χ0) is 16.4. The standard InChI is InChI=1S/C17H18N2O4/c1-18-10-16(21)19(17(18)22)9-13(20)11-23-15-8-4-6-12-5-2-3-7-14(12)15/h2-8,13,20H,9-11H2,1H3/t13-/m0/s1. The first-order valence-electron chi connectivity index (χ1n) is 7.40. The molecule has 2 aromatic rings. The van der Waals surface area contributed by atoms with Gasteiger partial charge in [-0.3, -0.25) is 9.69 Å². The third-order valence-electron chi connectivity index (χ3n) is 3.81. The lowest BCUT2D eigenvalue weighted by molar-refractivity contribution is -0.126. The highest BCUT2D eigenvalue weighted by molar-refractivity contribution is 6.01. The fourth-order valence-electron chi connectivity index (χ4n) is 2.62. The van der Waals surface area contributed by atoms with Gasteiger partial charge in [0, 0.05) is 12.4 Å². The molecule has 1 aliphatic heterocycles. The van der Waals surface area contributed by atoms with Crippen LogP contribution in [0, 0.1) is 0 Å². The van der Waals surface area contributed by atoms with Crippen LogP contribution in [0.2, 0.25) is 0 Å². The molecule has 0 spiro atoms. The summed E-state index contributed by atoms with van der Waals surface area (Å²) in [6.07, 6.45) is -0.937. The second-order valence-corrected chi connectivity index (χ2v) is 5.59. The molecule has 6 heteroatoms. The summed E-state index contributed by atoms with van der Waals surface area (Å²) < 4.78 is 5.68. The van der Waals surface area contributed by atoms with Crippen LogP contribution in [0.1, 0.15) is 0 Å². The Kier molecular flexibility index (Phi) is 4.16. The van der Waals surface area contributed by atoms with Crippen LogP contribution in [0.15, 0.2) is 42.5 Å². The lowest BCUT2D eigenvalue weighted by atomic mass is 10.1. The molecule has 0 aromatic heterocycles. The summed E-state index contributed by atoms with van der Waals surface area (Å²) in [4.78, 5) is 25.8. The van der Waals surface area contributed by atoms with Crippen molar-refractivity contribution in [3.63, 3.8) is 0 Å². The number of urea groups is 1. The van der Waals surface area contributed by atoms with Crippen LogP contribution >= 0.6 is 0 Å². The van der Waals surface area contributed by atoms with Gasteiger partial charge in [0.1, 0.15) is 25.0 Å². The van der Waals surface area contributed by atoms with Gasteiger partial charge in [-0.2, -0.15) is 0 Å². The molecule has 0 bridgehead atoms. The molecular formula is C17H18N2O4. The average Bonchev–Trinajstić information content (AvgIpc) is 2.79. The van der Waals surface area contributed by atoms with Crippen molar-refractivity contribution in [1.29, 1.82) is 0 Å². The van der Waals surface area contributed by atoms with Crippen LogP contribution in [-0.2, 0) is 4.79 Å². The summed E-state index contributed by atoms with van der Waals surface area (Å²) in [6.45, 7) is -0.00269. The summed E-state index contributed by atoms with van der Waals surface area (Å²) in [6, 6.07) is 13.1. The number of aliphatic hydroxyl groups excluding tert-OH is 1. The van der Waals surface area contributed by atoms with Crippen molar-refractivity contribution < 1.29 is 19.4 Å². The topological polar surface area (TPSA) is 70.1 Å². The van der Waals surface area contributed by atoms with Crippen molar-refractivity contribution in [2.75, 3.05) is 26.7 Å². The number of aliphatic hydroxyl groups is 1. The number of β-amino-alcohol motifs (C(OH)–C–C–N with tert-alkyl or cyclic N) is 1. The fourth-order valence-corrected chi connectivity index (χ4v) is 2.62. The molecule has 2 aromatic carbocycles. The minimum atomic E-state index is -0.937. The summed E-state index contributed by atoms with van der Waals surface area (Å²) in [5.41, 5.74) is 0. The number of hydrogen-bond acceptors (Lipinski definition) is 4. The van der Waals surface area contributed by atoms with E-state index in [1.165, 1.54) is 4.90 Å². The van der Waals surface area contributed by atoms with Crippen LogP contribution in [0.4, 0.5) is 4.79 Å². The predicted molar refractivity (Wildman–Crippen MR) is 85.2 cm³/mol. The van der Waals surface area contributed by atoms with E-state index in [9.17, 15) is 14.7 Å². The first-order chi connectivity index (χ1) is 11.1. The maximum Gasteiger partial charge on any atom is 0.327 e. The van der Waals surface area contributed by atoms with Crippen LogP contribution in [0.25, 0.3) is 10.8 Å². The molecule has 1 fully saturated rings. The van der Waals surface area contributed by atoms with Crippen molar-refractivity contribution in [2.45, 2.75) is 6.10 Å². The fraction of sp³-hybridized carbons (Fsp3) is 0.294. The normalized spacial score (nSPS) is 16.3. The summed E-state index contributed by atoms with van der Waals surface area (Å²) in [5.74, 6) is 0.361. The molecule has 120 valence electrons. The van der Waals surface area contributed by atoms with Gasteiger partial charge in [0.2, 0.25) is 5.91 Å². The molecule has 1 aliphatic rings. The molecule has 6 nitrogen and oxygen atoms in total. The van der Waals surface area contributed by atoms with E-state index in [0.29, 0.717) is 5.75 Å². The number of rotatable bonds is 5. The molecule has 0 aliphatic carbocycles. The number of carbonyl (C=O) groups is 2. The van der Waals surface area contributed by atoms with E-state index in [1.54, 1.807) is 7.05 Å². The lowest BCUT2D eigenvalue weighted by Crippen LogP contribution is -2.40. The largest absolute Gasteiger partial charge is 0.490 e. The SMILES string of the molecule is CN1CC(=O)N(C[C@H](O)COc2cccc3ccccc23)C1=O. The Morgan fingerprint density at radius 1 is 1.17 bits per heavy atom. The zero-order valence-electron chi connectivity index (χ0n) is 12.8. The van der Waals surface area contributed by atoms with Gasteiger partial charge >= 0.3 is 6.03 Å². The van der Waals surface area contributed by atoms with Gasteiger partial charge in [0.25, 0.3) is 0 Å². The number of fused-ring (bicyclic) bond motifs is 1. The molecule has 0 unspecified atom stereocenters. The van der Waals surface area contributed by atoms with Gasteiger partial charge in [-0.05, 0) is 11.5 Å². The third-order valence-corrected chi connectivity index (χ3v) is 3.81. The third kappa shape index (κ3) is 3.12. The van der Waals surface area contributed by atoms with Crippen LogP contribution in [0.5, 0.6) is 5.75 Å². The highest BCUT2D eigenvalue weighted by Gasteiger charge is 2.34. The smallest absolute Gasteiger partial charge is 0.327 e. The van der Waals surface area contributed by atoms with Crippen LogP contribution < -0.4 is 4.74 Å². The highest BCUT2D eigenvalue weighted by Crippen LogP contribution is 2.25. The van der Waals surface area contributed by atoms with Crippen molar-refractivity contribution in [3.05, 3.63) is 42.5 Å². The monoisotopic (exact) mass is 314 g/mol. The summed E-state index contributed by atoms with van der Waals surface area (Å²) in [5, 5.41) is 12.1. The van der Waals surface area contributed by atoms with Crippen molar-refractivity contribution in [3.8, 4) is 5.75 Å². The number of carbonyl (C=O) groups excluding carboxylic acids is 2. The highest BCUT2D eigenvalue weighted by atomic mass is 16.5. The number of benzene rings is 2. The Morgan fingerprint density at radius 2 is 1.91 bits per heavy atom. The first-order valence-corrected chi connectivity index (χ1v) is 7.40. The second-order valence-electron chi connectivity index (χ2n) is 5.59. The quantitative estimate of drug-likeness (QED) is 0.849. The zero-order valence-corrected chi connectivity index (χ0v) is 12.8. The van der Waals surface area contributed by atoms with Crippen molar-refractivity contribution in [2.24, 2.45) is 0 Å². The molecule has 23 heavy (non-hydrogen) atoms. The average molecular weight is 314 g/mol. The molecule has 0 saturated carbocycles. The molecule has 0 radical (unpaired) electrons. The predicted octanol–water partition coefficient (Wildman–Crippen LogP) is 1.47. The Labute approximate surface area is 133 Å². The molecule has 1 N–H and O–H groups in total. The molecule has 3 rings (SSSR count). The lowest BCUT2D eigenvalue weighted by Gasteiger charge is -2.19. The van der Waals surface area contributed by atoms with E-state index in [0.717, 1.165) is 15.7 Å². The Morgan fingerprint density at radius 3 is 2.65 bits per heavy atom. The number of amides is 3. The summed E-state index contributed by atoms with van der Waals surface area (Å²) in [7, 11) is 1.55. The molecule has 1 saturated heterocycles. The van der Waals surface area contributed by atoms with E-state index < -0.39 is 6.10 Å². The minimum absolute atomic E-state index is 0.00871. The van der Waals surface area contributed by atoms with Crippen LogP contribution in [0.3, 0.4) is 0 Å². The van der Waals surface area contributed by atoms with Crippen molar-refractivity contribution >= 4 is 22.7 Å². The Bertz CT molecular complexity index is 741. The van der Waals surface area contributed by atoms with Gasteiger partial charge in [0.15, 0.2) is 0 Å². The van der Waals surface area contributed by atoms with E-state index in [1.807, 2.05) is 42.5 Å². The number of ether oxygens (including phenoxy) is 1. The van der Waals surface area contributed by atoms with Crippen molar-refractivity contribution in [1.82, 2.24) is 9.80 Å². The molecule has 3 amide bonds. The van der Waals surface area contributed by atoms with Gasteiger partial charge in [-0.25, -0.2) is 4.79 Å². The van der Waals surface area contributed by atoms with E-state index in [2.05, 4.69) is 0 Å². The Balaban J connectivity index is 1.64.